The van der Waals surface area contributed by atoms with Gasteiger partial charge < -0.3 is 19.6 Å². The Morgan fingerprint density at radius 3 is 2.92 bits per heavy atom. The van der Waals surface area contributed by atoms with Gasteiger partial charge >= 0.3 is 0 Å². The molecule has 3 rings (SSSR count). The van der Waals surface area contributed by atoms with Crippen molar-refractivity contribution < 1.29 is 4.42 Å². The molecular weight excluding hydrogens is 322 g/mol. The van der Waals surface area contributed by atoms with Crippen molar-refractivity contribution in [1.82, 2.24) is 20.2 Å². The summed E-state index contributed by atoms with van der Waals surface area (Å²) in [7, 11) is 0. The zero-order valence-electron chi connectivity index (χ0n) is 13.6. The Labute approximate surface area is 145 Å². The van der Waals surface area contributed by atoms with Gasteiger partial charge in [-0.15, -0.1) is 11.3 Å². The minimum Gasteiger partial charge on any atom is -0.443 e. The van der Waals surface area contributed by atoms with E-state index in [9.17, 15) is 0 Å². The van der Waals surface area contributed by atoms with E-state index in [-0.39, 0.29) is 0 Å². The van der Waals surface area contributed by atoms with E-state index >= 15 is 0 Å². The zero-order valence-corrected chi connectivity index (χ0v) is 14.4. The molecule has 0 aliphatic rings. The van der Waals surface area contributed by atoms with Crippen LogP contribution in [0, 0.1) is 0 Å². The molecule has 0 amide bonds. The molecule has 0 saturated heterocycles. The van der Waals surface area contributed by atoms with Crippen LogP contribution in [-0.2, 0) is 13.1 Å². The Balaban J connectivity index is 1.55. The van der Waals surface area contributed by atoms with Gasteiger partial charge in [-0.25, -0.2) is 9.98 Å². The average molecular weight is 343 g/mol. The molecule has 7 heteroatoms. The highest BCUT2D eigenvalue weighted by atomic mass is 32.1. The molecule has 0 fully saturated rings. The van der Waals surface area contributed by atoms with Gasteiger partial charge in [0.2, 0.25) is 5.89 Å². The first-order valence-electron chi connectivity index (χ1n) is 7.96. The summed E-state index contributed by atoms with van der Waals surface area (Å²) in [5.74, 6) is 1.44. The highest BCUT2D eigenvalue weighted by molar-refractivity contribution is 7.13. The Kier molecular flexibility index (Phi) is 5.68. The highest BCUT2D eigenvalue weighted by Gasteiger charge is 2.07. The van der Waals surface area contributed by atoms with Gasteiger partial charge in [0.1, 0.15) is 12.0 Å². The van der Waals surface area contributed by atoms with E-state index in [0.29, 0.717) is 12.4 Å². The Bertz CT molecular complexity index is 746. The second-order valence-corrected chi connectivity index (χ2v) is 6.11. The highest BCUT2D eigenvalue weighted by Crippen LogP contribution is 2.23. The first kappa shape index (κ1) is 16.3. The molecule has 3 heterocycles. The van der Waals surface area contributed by atoms with Gasteiger partial charge in [0.15, 0.2) is 5.96 Å². The standard InChI is InChI=1S/C17H21N5OS/c1-2-18-17(19-7-10-22-8-3-4-9-22)20-12-14-13-23-16(21-14)15-6-5-11-24-15/h3-6,8-9,11,13H,2,7,10,12H2,1H3,(H2,18,19,20). The fraction of sp³-hybridized carbons (Fsp3) is 0.294. The van der Waals surface area contributed by atoms with E-state index in [0.717, 1.165) is 36.2 Å². The fourth-order valence-corrected chi connectivity index (χ4v) is 2.87. The molecule has 0 saturated carbocycles. The molecule has 6 nitrogen and oxygen atoms in total. The number of nitrogens with one attached hydrogen (secondary N) is 2. The summed E-state index contributed by atoms with van der Waals surface area (Å²) >= 11 is 1.61. The molecule has 0 atom stereocenters. The number of oxazole rings is 1. The van der Waals surface area contributed by atoms with E-state index in [2.05, 4.69) is 25.2 Å². The van der Waals surface area contributed by atoms with Crippen molar-refractivity contribution in [2.75, 3.05) is 13.1 Å². The molecule has 2 N–H and O–H groups in total. The minimum absolute atomic E-state index is 0.480. The van der Waals surface area contributed by atoms with Crippen molar-refractivity contribution in [3.05, 3.63) is 54.0 Å². The molecule has 24 heavy (non-hydrogen) atoms. The monoisotopic (exact) mass is 343 g/mol. The van der Waals surface area contributed by atoms with E-state index in [1.807, 2.05) is 49.0 Å². The number of hydrogen-bond acceptors (Lipinski definition) is 4. The lowest BCUT2D eigenvalue weighted by Crippen LogP contribution is -2.38. The van der Waals surface area contributed by atoms with Crippen LogP contribution < -0.4 is 10.6 Å². The lowest BCUT2D eigenvalue weighted by molar-refractivity contribution is 0.574. The molecule has 0 spiro atoms. The number of hydrogen-bond donors (Lipinski definition) is 2. The SMILES string of the molecule is CCNC(=NCc1coc(-c2cccs2)n1)NCCn1cccc1. The van der Waals surface area contributed by atoms with Crippen LogP contribution >= 0.6 is 11.3 Å². The van der Waals surface area contributed by atoms with Crippen LogP contribution in [0.3, 0.4) is 0 Å². The van der Waals surface area contributed by atoms with Crippen molar-refractivity contribution in [1.29, 1.82) is 0 Å². The van der Waals surface area contributed by atoms with Crippen LogP contribution in [0.2, 0.25) is 0 Å². The van der Waals surface area contributed by atoms with Crippen LogP contribution in [-0.4, -0.2) is 28.6 Å². The largest absolute Gasteiger partial charge is 0.443 e. The summed E-state index contributed by atoms with van der Waals surface area (Å²) in [6.07, 6.45) is 5.77. The van der Waals surface area contributed by atoms with Gasteiger partial charge in [0.05, 0.1) is 11.4 Å². The predicted octanol–water partition coefficient (Wildman–Crippen LogP) is 2.96. The van der Waals surface area contributed by atoms with Gasteiger partial charge in [0.25, 0.3) is 0 Å². The molecule has 3 aromatic rings. The smallest absolute Gasteiger partial charge is 0.236 e. The summed E-state index contributed by atoms with van der Waals surface area (Å²) in [6.45, 7) is 5.04. The fourth-order valence-electron chi connectivity index (χ4n) is 2.22. The average Bonchev–Trinajstić information content (AvgIpc) is 3.33. The van der Waals surface area contributed by atoms with E-state index < -0.39 is 0 Å². The number of aromatic nitrogens is 2. The summed E-state index contributed by atoms with van der Waals surface area (Å²) in [4.78, 5) is 10.1. The number of rotatable bonds is 7. The van der Waals surface area contributed by atoms with E-state index in [1.165, 1.54) is 0 Å². The maximum atomic E-state index is 5.52. The number of aliphatic imine (C=N–C) groups is 1. The van der Waals surface area contributed by atoms with Crippen molar-refractivity contribution in [3.8, 4) is 10.8 Å². The Morgan fingerprint density at radius 1 is 1.29 bits per heavy atom. The normalized spacial score (nSPS) is 11.6. The van der Waals surface area contributed by atoms with Gasteiger partial charge in [0, 0.05) is 32.0 Å². The predicted molar refractivity (Wildman–Crippen MR) is 97.1 cm³/mol. The van der Waals surface area contributed by atoms with Crippen LogP contribution in [0.25, 0.3) is 10.8 Å². The maximum absolute atomic E-state index is 5.52. The zero-order chi connectivity index (χ0) is 16.6. The van der Waals surface area contributed by atoms with Crippen LogP contribution in [0.15, 0.2) is 57.7 Å². The minimum atomic E-state index is 0.480. The quantitative estimate of drug-likeness (QED) is 0.511. The molecular formula is C17H21N5OS. The first-order chi connectivity index (χ1) is 11.8. The van der Waals surface area contributed by atoms with Gasteiger partial charge in [-0.2, -0.15) is 0 Å². The van der Waals surface area contributed by atoms with E-state index in [4.69, 9.17) is 4.42 Å². The third kappa shape index (κ3) is 4.48. The summed E-state index contributed by atoms with van der Waals surface area (Å²) in [5.41, 5.74) is 0.820. The van der Waals surface area contributed by atoms with Crippen LogP contribution in [0.1, 0.15) is 12.6 Å². The third-order valence-corrected chi connectivity index (χ3v) is 4.21. The topological polar surface area (TPSA) is 67.4 Å². The summed E-state index contributed by atoms with van der Waals surface area (Å²) in [6, 6.07) is 8.03. The Hall–Kier alpha value is -2.54. The second kappa shape index (κ2) is 8.35. The van der Waals surface area contributed by atoms with Gasteiger partial charge in [-0.3, -0.25) is 0 Å². The first-order valence-corrected chi connectivity index (χ1v) is 8.84. The molecule has 0 aliphatic carbocycles. The second-order valence-electron chi connectivity index (χ2n) is 5.16. The number of nitrogens with zero attached hydrogens (tertiary/aromatic N) is 3. The lowest BCUT2D eigenvalue weighted by Gasteiger charge is -2.11. The summed E-state index contributed by atoms with van der Waals surface area (Å²) in [5, 5.41) is 8.58. The van der Waals surface area contributed by atoms with E-state index in [1.54, 1.807) is 17.6 Å². The molecule has 0 aromatic carbocycles. The van der Waals surface area contributed by atoms with Crippen LogP contribution in [0.5, 0.6) is 0 Å². The molecule has 0 aliphatic heterocycles. The third-order valence-electron chi connectivity index (χ3n) is 3.36. The Morgan fingerprint density at radius 2 is 2.17 bits per heavy atom. The van der Waals surface area contributed by atoms with Crippen LogP contribution in [0.4, 0.5) is 0 Å². The number of thiophene rings is 1. The maximum Gasteiger partial charge on any atom is 0.236 e. The molecule has 126 valence electrons. The van der Waals surface area contributed by atoms with Gasteiger partial charge in [-0.1, -0.05) is 6.07 Å². The molecule has 0 radical (unpaired) electrons. The molecule has 3 aromatic heterocycles. The number of guanidine groups is 1. The van der Waals surface area contributed by atoms with Gasteiger partial charge in [-0.05, 0) is 30.5 Å². The molecule has 0 bridgehead atoms. The summed E-state index contributed by atoms with van der Waals surface area (Å²) < 4.78 is 7.64. The molecule has 0 unspecified atom stereocenters. The van der Waals surface area contributed by atoms with Crippen molar-refractivity contribution in [2.45, 2.75) is 20.0 Å². The van der Waals surface area contributed by atoms with Crippen molar-refractivity contribution >= 4 is 17.3 Å². The van der Waals surface area contributed by atoms with Crippen molar-refractivity contribution in [2.24, 2.45) is 4.99 Å². The van der Waals surface area contributed by atoms with Crippen molar-refractivity contribution in [3.63, 3.8) is 0 Å². The lowest BCUT2D eigenvalue weighted by atomic mass is 10.4.